The zero-order valence-electron chi connectivity index (χ0n) is 24.3. The van der Waals surface area contributed by atoms with Crippen LogP contribution in [0.1, 0.15) is 62.9 Å². The second-order valence-corrected chi connectivity index (χ2v) is 11.0. The van der Waals surface area contributed by atoms with Crippen LogP contribution in [0.15, 0.2) is 24.3 Å². The van der Waals surface area contributed by atoms with Crippen molar-refractivity contribution >= 4 is 48.4 Å². The highest BCUT2D eigenvalue weighted by molar-refractivity contribution is 7.80. The van der Waals surface area contributed by atoms with E-state index < -0.39 is 60.3 Å². The topological polar surface area (TPSA) is 200 Å². The largest absolute Gasteiger partial charge is 0.481 e. The second kappa shape index (κ2) is 18.6. The quantitative estimate of drug-likeness (QED) is 0.121. The maximum Gasteiger partial charge on any atom is 0.407 e. The Kier molecular flexibility index (Phi) is 16.0. The summed E-state index contributed by atoms with van der Waals surface area (Å²) in [4.78, 5) is 73.2. The highest BCUT2D eigenvalue weighted by atomic mass is 32.1. The molecule has 0 aromatic heterocycles. The summed E-state index contributed by atoms with van der Waals surface area (Å²) in [5.41, 5.74) is 0.962. The molecule has 0 radical (unpaired) electrons. The van der Waals surface area contributed by atoms with Crippen molar-refractivity contribution < 1.29 is 43.7 Å². The molecule has 0 saturated heterocycles. The summed E-state index contributed by atoms with van der Waals surface area (Å²) in [7, 11) is 0. The van der Waals surface area contributed by atoms with E-state index in [1.165, 1.54) is 12.1 Å². The molecule has 0 fully saturated rings. The van der Waals surface area contributed by atoms with Gasteiger partial charge in [0.2, 0.25) is 17.7 Å². The Hall–Kier alpha value is -3.81. The van der Waals surface area contributed by atoms with Crippen LogP contribution in [0, 0.1) is 11.8 Å². The zero-order valence-corrected chi connectivity index (χ0v) is 25.2. The van der Waals surface area contributed by atoms with Gasteiger partial charge in [0.15, 0.2) is 0 Å². The normalized spacial score (nSPS) is 13.0. The third kappa shape index (κ3) is 14.2. The van der Waals surface area contributed by atoms with Gasteiger partial charge in [-0.1, -0.05) is 39.8 Å². The van der Waals surface area contributed by atoms with Gasteiger partial charge in [-0.25, -0.2) is 9.59 Å². The summed E-state index contributed by atoms with van der Waals surface area (Å²) in [5.74, 6) is -4.13. The Morgan fingerprint density at radius 2 is 1.40 bits per heavy atom. The maximum atomic E-state index is 13.2. The van der Waals surface area contributed by atoms with E-state index in [0.29, 0.717) is 6.42 Å². The molecule has 13 nitrogen and oxygen atoms in total. The molecule has 0 unspecified atom stereocenters. The Balaban J connectivity index is 2.84. The van der Waals surface area contributed by atoms with Crippen LogP contribution in [0.2, 0.25) is 0 Å². The molecule has 42 heavy (non-hydrogen) atoms. The van der Waals surface area contributed by atoms with Crippen LogP contribution in [0.5, 0.6) is 0 Å². The Morgan fingerprint density at radius 3 is 1.93 bits per heavy atom. The number of hydrogen-bond donors (Lipinski definition) is 7. The van der Waals surface area contributed by atoms with Crippen molar-refractivity contribution in [1.82, 2.24) is 21.3 Å². The molecule has 14 heteroatoms. The van der Waals surface area contributed by atoms with E-state index in [-0.39, 0.29) is 49.1 Å². The molecule has 0 saturated carbocycles. The number of amides is 4. The first-order valence-corrected chi connectivity index (χ1v) is 14.3. The summed E-state index contributed by atoms with van der Waals surface area (Å²) in [6.07, 6.45) is -0.892. The number of carbonyl (C=O) groups excluding carboxylic acids is 4. The van der Waals surface area contributed by atoms with Gasteiger partial charge in [0.05, 0.1) is 12.2 Å². The van der Waals surface area contributed by atoms with Gasteiger partial charge in [0.25, 0.3) is 0 Å². The van der Waals surface area contributed by atoms with Gasteiger partial charge < -0.3 is 36.2 Å². The lowest BCUT2D eigenvalue weighted by Gasteiger charge is -2.25. The van der Waals surface area contributed by atoms with Gasteiger partial charge in [0.1, 0.15) is 18.1 Å². The summed E-state index contributed by atoms with van der Waals surface area (Å²) in [6, 6.07) is 2.86. The lowest BCUT2D eigenvalue weighted by Crippen LogP contribution is -2.57. The van der Waals surface area contributed by atoms with Gasteiger partial charge in [-0.2, -0.15) is 12.6 Å². The molecule has 3 atom stereocenters. The summed E-state index contributed by atoms with van der Waals surface area (Å²) in [5, 5.41) is 28.3. The van der Waals surface area contributed by atoms with Crippen molar-refractivity contribution in [3.8, 4) is 0 Å². The van der Waals surface area contributed by atoms with Crippen molar-refractivity contribution in [3.63, 3.8) is 0 Å². The molecule has 6 N–H and O–H groups in total. The number of aromatic carboxylic acids is 1. The predicted octanol–water partition coefficient (Wildman–Crippen LogP) is 1.60. The van der Waals surface area contributed by atoms with E-state index in [1.54, 1.807) is 12.1 Å². The monoisotopic (exact) mass is 610 g/mol. The number of benzene rings is 1. The maximum absolute atomic E-state index is 13.2. The minimum absolute atomic E-state index is 0.0300. The molecular weight excluding hydrogens is 568 g/mol. The summed E-state index contributed by atoms with van der Waals surface area (Å²) < 4.78 is 5.04. The molecule has 1 rings (SSSR count). The van der Waals surface area contributed by atoms with Crippen molar-refractivity contribution in [2.75, 3.05) is 18.9 Å². The Labute approximate surface area is 250 Å². The number of rotatable bonds is 18. The van der Waals surface area contributed by atoms with Crippen LogP contribution in [0.4, 0.5) is 4.79 Å². The van der Waals surface area contributed by atoms with E-state index in [0.717, 1.165) is 5.56 Å². The fourth-order valence-electron chi connectivity index (χ4n) is 3.67. The van der Waals surface area contributed by atoms with Crippen molar-refractivity contribution in [2.24, 2.45) is 11.8 Å². The number of thiol groups is 1. The number of carboxylic acid groups (broad SMARTS) is 2. The van der Waals surface area contributed by atoms with E-state index in [1.807, 2.05) is 27.7 Å². The standard InChI is InChI=1S/C28H42N4O9S/c1-16(2)13-21(30-25(36)20(9-10-23(33)34)32-28(40)41-14-17(3)4)26(37)31-22(15-42)24(35)29-12-11-18-5-7-19(8-6-18)27(38)39/h5-8,16-17,20-22,42H,9-15H2,1-4H3,(H,29,35)(H,30,36)(H,31,37)(H,32,40)(H,33,34)(H,38,39)/t20-,21-,22-/m0/s1. The highest BCUT2D eigenvalue weighted by Crippen LogP contribution is 2.09. The van der Waals surface area contributed by atoms with Crippen LogP contribution in [-0.4, -0.2) is 83.0 Å². The number of alkyl carbamates (subject to hydrolysis) is 1. The third-order valence-corrected chi connectivity index (χ3v) is 6.24. The van der Waals surface area contributed by atoms with Crippen LogP contribution >= 0.6 is 12.6 Å². The minimum Gasteiger partial charge on any atom is -0.481 e. The molecule has 0 aliphatic carbocycles. The molecule has 234 valence electrons. The SMILES string of the molecule is CC(C)COC(=O)N[C@@H](CCC(=O)O)C(=O)N[C@@H](CC(C)C)C(=O)N[C@@H](CS)C(=O)NCCc1ccc(C(=O)O)cc1. The fraction of sp³-hybridized carbons (Fsp3) is 0.571. The van der Waals surface area contributed by atoms with Crippen molar-refractivity contribution in [2.45, 2.75) is 71.5 Å². The minimum atomic E-state index is -1.27. The second-order valence-electron chi connectivity index (χ2n) is 10.6. The number of hydrogen-bond acceptors (Lipinski definition) is 8. The van der Waals surface area contributed by atoms with E-state index in [4.69, 9.17) is 14.9 Å². The van der Waals surface area contributed by atoms with Crippen molar-refractivity contribution in [1.29, 1.82) is 0 Å². The van der Waals surface area contributed by atoms with E-state index >= 15 is 0 Å². The van der Waals surface area contributed by atoms with E-state index in [9.17, 15) is 28.8 Å². The van der Waals surface area contributed by atoms with Crippen molar-refractivity contribution in [3.05, 3.63) is 35.4 Å². The number of aliphatic carboxylic acids is 1. The molecule has 0 aliphatic heterocycles. The molecular formula is C28H42N4O9S. The average Bonchev–Trinajstić information content (AvgIpc) is 2.91. The number of carbonyl (C=O) groups is 6. The van der Waals surface area contributed by atoms with Crippen LogP contribution in [0.25, 0.3) is 0 Å². The zero-order chi connectivity index (χ0) is 31.8. The molecule has 0 aliphatic rings. The lowest BCUT2D eigenvalue weighted by molar-refractivity contribution is -0.137. The van der Waals surface area contributed by atoms with Gasteiger partial charge >= 0.3 is 18.0 Å². The van der Waals surface area contributed by atoms with Crippen LogP contribution in [-0.2, 0) is 30.3 Å². The smallest absolute Gasteiger partial charge is 0.407 e. The molecule has 0 heterocycles. The van der Waals surface area contributed by atoms with Gasteiger partial charge in [0, 0.05) is 18.7 Å². The number of ether oxygens (including phenoxy) is 1. The molecule has 1 aromatic carbocycles. The Bertz CT molecular complexity index is 1080. The number of carboxylic acids is 2. The first kappa shape index (κ1) is 36.2. The third-order valence-electron chi connectivity index (χ3n) is 5.87. The summed E-state index contributed by atoms with van der Waals surface area (Å²) in [6.45, 7) is 7.65. The first-order chi connectivity index (χ1) is 19.7. The summed E-state index contributed by atoms with van der Waals surface area (Å²) >= 11 is 4.18. The van der Waals surface area contributed by atoms with Gasteiger partial charge in [-0.05, 0) is 48.8 Å². The molecule has 1 aromatic rings. The number of nitrogens with one attached hydrogen (secondary N) is 4. The van der Waals surface area contributed by atoms with Gasteiger partial charge in [-0.3, -0.25) is 19.2 Å². The first-order valence-electron chi connectivity index (χ1n) is 13.7. The lowest BCUT2D eigenvalue weighted by atomic mass is 10.0. The van der Waals surface area contributed by atoms with Crippen LogP contribution in [0.3, 0.4) is 0 Å². The molecule has 0 spiro atoms. The molecule has 0 bridgehead atoms. The highest BCUT2D eigenvalue weighted by Gasteiger charge is 2.30. The van der Waals surface area contributed by atoms with Crippen LogP contribution < -0.4 is 21.3 Å². The fourth-order valence-corrected chi connectivity index (χ4v) is 3.93. The average molecular weight is 611 g/mol. The van der Waals surface area contributed by atoms with E-state index in [2.05, 4.69) is 33.9 Å². The predicted molar refractivity (Wildman–Crippen MR) is 157 cm³/mol. The molecule has 4 amide bonds. The Morgan fingerprint density at radius 1 is 0.810 bits per heavy atom. The van der Waals surface area contributed by atoms with Gasteiger partial charge in [-0.15, -0.1) is 0 Å².